The molecule has 40 heavy (non-hydrogen) atoms. The normalized spacial score (nSPS) is 16.4. The van der Waals surface area contributed by atoms with Gasteiger partial charge in [0.25, 0.3) is 0 Å². The summed E-state index contributed by atoms with van der Waals surface area (Å²) in [7, 11) is 2.93. The number of anilines is 2. The van der Waals surface area contributed by atoms with Crippen molar-refractivity contribution in [3.63, 3.8) is 0 Å². The lowest BCUT2D eigenvalue weighted by molar-refractivity contribution is -0.115. The number of benzene rings is 2. The summed E-state index contributed by atoms with van der Waals surface area (Å²) in [5, 5.41) is 6.84. The first kappa shape index (κ1) is 26.9. The van der Waals surface area contributed by atoms with E-state index in [9.17, 15) is 9.59 Å². The molecule has 3 heterocycles. The molecule has 1 fully saturated rings. The Kier molecular flexibility index (Phi) is 7.79. The van der Waals surface area contributed by atoms with Crippen LogP contribution in [0.4, 0.5) is 11.4 Å². The molecule has 2 N–H and O–H groups in total. The summed E-state index contributed by atoms with van der Waals surface area (Å²) in [4.78, 5) is 31.4. The van der Waals surface area contributed by atoms with Crippen molar-refractivity contribution < 1.29 is 19.1 Å². The maximum absolute atomic E-state index is 12.7. The number of amides is 1. The van der Waals surface area contributed by atoms with Gasteiger partial charge in [-0.25, -0.2) is 4.79 Å². The third-order valence-corrected chi connectivity index (χ3v) is 7.12. The molecule has 2 unspecified atom stereocenters. The molecule has 0 bridgehead atoms. The summed E-state index contributed by atoms with van der Waals surface area (Å²) < 4.78 is 12.7. The fourth-order valence-corrected chi connectivity index (χ4v) is 5.27. The summed E-state index contributed by atoms with van der Waals surface area (Å²) >= 11 is 5.89. The van der Waals surface area contributed by atoms with E-state index < -0.39 is 5.97 Å². The number of ether oxygens (including phenoxy) is 2. The Labute approximate surface area is 237 Å². The maximum atomic E-state index is 12.7. The summed E-state index contributed by atoms with van der Waals surface area (Å²) in [6, 6.07) is 21.9. The molecule has 2 aromatic heterocycles. The molecule has 204 valence electrons. The Bertz CT molecular complexity index is 1550. The molecule has 1 saturated heterocycles. The lowest BCUT2D eigenvalue weighted by Crippen LogP contribution is -2.30. The van der Waals surface area contributed by atoms with Crippen LogP contribution in [-0.2, 0) is 9.53 Å². The average Bonchev–Trinajstić information content (AvgIpc) is 3.61. The molecule has 0 saturated carbocycles. The number of nitrogens with zero attached hydrogens (tertiary/aromatic N) is 3. The number of hydrogen-bond acceptors (Lipinski definition) is 6. The van der Waals surface area contributed by atoms with E-state index in [1.165, 1.54) is 7.11 Å². The van der Waals surface area contributed by atoms with Crippen LogP contribution >= 0.6 is 12.2 Å². The third-order valence-electron chi connectivity index (χ3n) is 6.81. The first-order valence-electron chi connectivity index (χ1n) is 12.8. The number of carbonyl (C=O) groups excluding carboxylic acids is 2. The van der Waals surface area contributed by atoms with E-state index in [0.29, 0.717) is 34.2 Å². The van der Waals surface area contributed by atoms with Crippen LogP contribution in [-0.4, -0.2) is 40.8 Å². The van der Waals surface area contributed by atoms with Gasteiger partial charge in [-0.2, -0.15) is 0 Å². The Morgan fingerprint density at radius 1 is 1.05 bits per heavy atom. The van der Waals surface area contributed by atoms with Crippen LogP contribution in [0.1, 0.15) is 47.2 Å². The molecule has 0 spiro atoms. The minimum absolute atomic E-state index is 0.111. The highest BCUT2D eigenvalue weighted by Crippen LogP contribution is 2.44. The van der Waals surface area contributed by atoms with Gasteiger partial charge in [0.1, 0.15) is 11.8 Å². The smallest absolute Gasteiger partial charge is 0.339 e. The second-order valence-corrected chi connectivity index (χ2v) is 9.48. The predicted octanol–water partition coefficient (Wildman–Crippen LogP) is 5.19. The number of nitrogens with one attached hydrogen (secondary N) is 2. The van der Waals surface area contributed by atoms with Crippen molar-refractivity contribution in [3.8, 4) is 11.4 Å². The monoisotopic (exact) mass is 555 g/mol. The molecular formula is C30H29N5O4S. The van der Waals surface area contributed by atoms with Crippen LogP contribution in [0.15, 0.2) is 85.2 Å². The minimum Gasteiger partial charge on any atom is -0.494 e. The summed E-state index contributed by atoms with van der Waals surface area (Å²) in [6.07, 6.45) is 4.01. The Morgan fingerprint density at radius 3 is 2.58 bits per heavy atom. The van der Waals surface area contributed by atoms with Crippen LogP contribution < -0.4 is 20.3 Å². The Balaban J connectivity index is 1.66. The van der Waals surface area contributed by atoms with Crippen molar-refractivity contribution in [3.05, 3.63) is 102 Å². The van der Waals surface area contributed by atoms with Gasteiger partial charge in [0.2, 0.25) is 5.91 Å². The number of para-hydroxylation sites is 1. The van der Waals surface area contributed by atoms with Crippen molar-refractivity contribution >= 4 is 40.6 Å². The molecule has 9 nitrogen and oxygen atoms in total. The largest absolute Gasteiger partial charge is 0.494 e. The fourth-order valence-electron chi connectivity index (χ4n) is 4.93. The number of hydrogen-bond donors (Lipinski definition) is 2. The van der Waals surface area contributed by atoms with Crippen LogP contribution in [0.3, 0.4) is 0 Å². The molecule has 10 heteroatoms. The van der Waals surface area contributed by atoms with E-state index in [2.05, 4.69) is 15.6 Å². The quantitative estimate of drug-likeness (QED) is 0.226. The van der Waals surface area contributed by atoms with Gasteiger partial charge in [-0.1, -0.05) is 25.1 Å². The van der Waals surface area contributed by atoms with Gasteiger partial charge in [0.15, 0.2) is 5.11 Å². The number of carbonyl (C=O) groups is 2. The number of thiocarbonyl (C=S) groups is 1. The lowest BCUT2D eigenvalue weighted by Gasteiger charge is -2.29. The number of methoxy groups -OCH3 is 2. The standard InChI is InChI=1S/C30H29N5O4S/c1-4-26(36)32-21-15-14-19(18-25(21)38-2)35-28(27(33-30(35)40)22-11-7-8-16-31-22)24-13-9-17-34(24)23-12-6-5-10-20(23)29(37)39-3/h5-18,27-28H,4H2,1-3H3,(H,32,36)(H,33,40). The fraction of sp³-hybridized carbons (Fsp3) is 0.200. The van der Waals surface area contributed by atoms with Crippen molar-refractivity contribution in [2.24, 2.45) is 0 Å². The molecule has 1 aliphatic heterocycles. The average molecular weight is 556 g/mol. The zero-order valence-corrected chi connectivity index (χ0v) is 23.1. The molecule has 2 aromatic carbocycles. The summed E-state index contributed by atoms with van der Waals surface area (Å²) in [5.74, 6) is -0.0314. The Morgan fingerprint density at radius 2 is 1.85 bits per heavy atom. The molecule has 1 aliphatic rings. The zero-order chi connectivity index (χ0) is 28.2. The van der Waals surface area contributed by atoms with E-state index in [1.54, 1.807) is 38.4 Å². The zero-order valence-electron chi connectivity index (χ0n) is 22.3. The first-order chi connectivity index (χ1) is 19.5. The second kappa shape index (κ2) is 11.6. The highest BCUT2D eigenvalue weighted by molar-refractivity contribution is 7.80. The van der Waals surface area contributed by atoms with Gasteiger partial charge in [-0.3, -0.25) is 9.78 Å². The molecule has 2 atom stereocenters. The molecule has 0 aliphatic carbocycles. The van der Waals surface area contributed by atoms with E-state index in [-0.39, 0.29) is 18.0 Å². The van der Waals surface area contributed by atoms with Gasteiger partial charge in [0.05, 0.1) is 42.9 Å². The number of esters is 1. The van der Waals surface area contributed by atoms with Gasteiger partial charge in [-0.15, -0.1) is 0 Å². The number of rotatable bonds is 8. The molecule has 4 aromatic rings. The Hall–Kier alpha value is -4.70. The van der Waals surface area contributed by atoms with Crippen molar-refractivity contribution in [1.82, 2.24) is 14.9 Å². The minimum atomic E-state index is -0.428. The van der Waals surface area contributed by atoms with Crippen LogP contribution in [0.5, 0.6) is 5.75 Å². The van der Waals surface area contributed by atoms with Gasteiger partial charge in [-0.05, 0) is 60.7 Å². The lowest BCUT2D eigenvalue weighted by atomic mass is 10.00. The van der Waals surface area contributed by atoms with E-state index in [1.807, 2.05) is 70.3 Å². The summed E-state index contributed by atoms with van der Waals surface area (Å²) in [6.45, 7) is 1.79. The predicted molar refractivity (Wildman–Crippen MR) is 157 cm³/mol. The van der Waals surface area contributed by atoms with Crippen molar-refractivity contribution in [1.29, 1.82) is 0 Å². The van der Waals surface area contributed by atoms with E-state index in [0.717, 1.165) is 17.1 Å². The summed E-state index contributed by atoms with van der Waals surface area (Å²) in [5.41, 5.74) is 4.15. The van der Waals surface area contributed by atoms with Gasteiger partial charge < -0.3 is 29.6 Å². The molecule has 0 radical (unpaired) electrons. The van der Waals surface area contributed by atoms with E-state index in [4.69, 9.17) is 21.7 Å². The topological polar surface area (TPSA) is 97.7 Å². The maximum Gasteiger partial charge on any atom is 0.339 e. The van der Waals surface area contributed by atoms with E-state index >= 15 is 0 Å². The molecule has 1 amide bonds. The van der Waals surface area contributed by atoms with Crippen molar-refractivity contribution in [2.75, 3.05) is 24.4 Å². The van der Waals surface area contributed by atoms with Crippen LogP contribution in [0, 0.1) is 0 Å². The number of pyridine rings is 1. The second-order valence-electron chi connectivity index (χ2n) is 9.09. The SMILES string of the molecule is CCC(=O)Nc1ccc(N2C(=S)NC(c3ccccn3)C2c2cccn2-c2ccccc2C(=O)OC)cc1OC. The molecular weight excluding hydrogens is 526 g/mol. The highest BCUT2D eigenvalue weighted by Gasteiger charge is 2.42. The van der Waals surface area contributed by atoms with Gasteiger partial charge in [0, 0.05) is 36.3 Å². The van der Waals surface area contributed by atoms with Gasteiger partial charge >= 0.3 is 5.97 Å². The number of aromatic nitrogens is 2. The first-order valence-corrected chi connectivity index (χ1v) is 13.2. The third kappa shape index (κ3) is 5.01. The molecule has 5 rings (SSSR count). The highest BCUT2D eigenvalue weighted by atomic mass is 32.1. The van der Waals surface area contributed by atoms with Crippen LogP contribution in [0.25, 0.3) is 5.69 Å². The van der Waals surface area contributed by atoms with Crippen LogP contribution in [0.2, 0.25) is 0 Å². The van der Waals surface area contributed by atoms with Crippen molar-refractivity contribution in [2.45, 2.75) is 25.4 Å².